The Morgan fingerprint density at radius 1 is 0.864 bits per heavy atom. The fourth-order valence-corrected chi connectivity index (χ4v) is 1.65. The van der Waals surface area contributed by atoms with E-state index in [0.29, 0.717) is 5.75 Å². The van der Waals surface area contributed by atoms with Crippen molar-refractivity contribution in [3.63, 3.8) is 0 Å². The number of para-hydroxylation sites is 1. The van der Waals surface area contributed by atoms with Gasteiger partial charge in [0, 0.05) is 23.5 Å². The summed E-state index contributed by atoms with van der Waals surface area (Å²) in [6, 6.07) is 16.6. The molecule has 0 spiro atoms. The van der Waals surface area contributed by atoms with Gasteiger partial charge in [0.1, 0.15) is 5.75 Å². The molecule has 0 heterocycles. The Morgan fingerprint density at radius 3 is 2.09 bits per heavy atom. The average Bonchev–Trinajstić information content (AvgIpc) is 2.55. The van der Waals surface area contributed by atoms with Crippen LogP contribution in [0.25, 0.3) is 0 Å². The number of carbonyl (C=O) groups is 2. The number of rotatable bonds is 5. The van der Waals surface area contributed by atoms with Crippen LogP contribution < -0.4 is 10.1 Å². The molecule has 0 radical (unpaired) electrons. The highest BCUT2D eigenvalue weighted by molar-refractivity contribution is 5.92. The smallest absolute Gasteiger partial charge is 0.336 e. The second-order valence-electron chi connectivity index (χ2n) is 4.29. The minimum atomic E-state index is -0.644. The zero-order valence-corrected chi connectivity index (χ0v) is 12.0. The molecular weight excluding hydrogens is 282 g/mol. The Morgan fingerprint density at radius 2 is 1.45 bits per heavy atom. The van der Waals surface area contributed by atoms with E-state index in [4.69, 9.17) is 4.74 Å². The lowest BCUT2D eigenvalue weighted by atomic mass is 10.2. The lowest BCUT2D eigenvalue weighted by Crippen LogP contribution is -2.05. The predicted molar refractivity (Wildman–Crippen MR) is 83.0 cm³/mol. The Kier molecular flexibility index (Phi) is 5.31. The average molecular weight is 297 g/mol. The van der Waals surface area contributed by atoms with Crippen molar-refractivity contribution < 1.29 is 19.1 Å². The largest absolute Gasteiger partial charge is 0.466 e. The maximum atomic E-state index is 11.5. The second kappa shape index (κ2) is 7.64. The molecule has 0 amide bonds. The van der Waals surface area contributed by atoms with E-state index >= 15 is 0 Å². The van der Waals surface area contributed by atoms with Crippen LogP contribution in [-0.4, -0.2) is 19.0 Å². The normalized spacial score (nSPS) is 10.2. The Labute approximate surface area is 128 Å². The quantitative estimate of drug-likeness (QED) is 0.522. The summed E-state index contributed by atoms with van der Waals surface area (Å²) < 4.78 is 9.43. The first-order valence-electron chi connectivity index (χ1n) is 6.57. The first kappa shape index (κ1) is 15.3. The van der Waals surface area contributed by atoms with Crippen molar-refractivity contribution in [3.05, 3.63) is 66.7 Å². The standard InChI is InChI=1S/C17H15NO4/c1-21-16(19)11-12-17(20)22-15-9-7-14(8-10-15)18-13-5-3-2-4-6-13/h2-12,18H,1H3. The monoisotopic (exact) mass is 297 g/mol. The summed E-state index contributed by atoms with van der Waals surface area (Å²) in [4.78, 5) is 22.3. The molecule has 0 aromatic heterocycles. The van der Waals surface area contributed by atoms with Gasteiger partial charge in [-0.25, -0.2) is 9.59 Å². The molecule has 0 aliphatic carbocycles. The van der Waals surface area contributed by atoms with Crippen LogP contribution in [0.5, 0.6) is 5.75 Å². The summed E-state index contributed by atoms with van der Waals surface area (Å²) in [6.07, 6.45) is 2.02. The summed E-state index contributed by atoms with van der Waals surface area (Å²) in [5, 5.41) is 3.22. The van der Waals surface area contributed by atoms with Crippen LogP contribution in [0.4, 0.5) is 11.4 Å². The number of anilines is 2. The van der Waals surface area contributed by atoms with Crippen LogP contribution in [0.2, 0.25) is 0 Å². The first-order valence-corrected chi connectivity index (χ1v) is 6.57. The molecule has 1 N–H and O–H groups in total. The van der Waals surface area contributed by atoms with Gasteiger partial charge in [-0.05, 0) is 36.4 Å². The number of carbonyl (C=O) groups excluding carboxylic acids is 2. The number of hydrogen-bond acceptors (Lipinski definition) is 5. The maximum absolute atomic E-state index is 11.5. The second-order valence-corrected chi connectivity index (χ2v) is 4.29. The molecular formula is C17H15NO4. The fraction of sp³-hybridized carbons (Fsp3) is 0.0588. The summed E-state index contributed by atoms with van der Waals surface area (Å²) >= 11 is 0. The number of ether oxygens (including phenoxy) is 2. The molecule has 0 aliphatic rings. The summed E-state index contributed by atoms with van der Waals surface area (Å²) in [6.45, 7) is 0. The SMILES string of the molecule is COC(=O)C=CC(=O)Oc1ccc(Nc2ccccc2)cc1. The summed E-state index contributed by atoms with van der Waals surface area (Å²) in [5.41, 5.74) is 1.84. The van der Waals surface area contributed by atoms with Crippen molar-refractivity contribution in [2.75, 3.05) is 12.4 Å². The maximum Gasteiger partial charge on any atom is 0.336 e. The van der Waals surface area contributed by atoms with E-state index in [1.54, 1.807) is 24.3 Å². The third-order valence-electron chi connectivity index (χ3n) is 2.69. The van der Waals surface area contributed by atoms with Gasteiger partial charge < -0.3 is 14.8 Å². The van der Waals surface area contributed by atoms with E-state index in [1.807, 2.05) is 30.3 Å². The van der Waals surface area contributed by atoms with Crippen molar-refractivity contribution >= 4 is 23.3 Å². The molecule has 0 atom stereocenters. The number of nitrogens with one attached hydrogen (secondary N) is 1. The number of hydrogen-bond donors (Lipinski definition) is 1. The highest BCUT2D eigenvalue weighted by Crippen LogP contribution is 2.19. The molecule has 0 saturated heterocycles. The molecule has 5 heteroatoms. The highest BCUT2D eigenvalue weighted by atomic mass is 16.5. The van der Waals surface area contributed by atoms with Gasteiger partial charge in [-0.3, -0.25) is 0 Å². The van der Waals surface area contributed by atoms with Crippen molar-refractivity contribution in [2.24, 2.45) is 0 Å². The number of benzene rings is 2. The molecule has 2 aromatic rings. The van der Waals surface area contributed by atoms with Gasteiger partial charge in [0.05, 0.1) is 7.11 Å². The Hall–Kier alpha value is -3.08. The van der Waals surface area contributed by atoms with Gasteiger partial charge in [0.25, 0.3) is 0 Å². The predicted octanol–water partition coefficient (Wildman–Crippen LogP) is 3.06. The zero-order valence-electron chi connectivity index (χ0n) is 12.0. The minimum absolute atomic E-state index is 0.387. The number of methoxy groups -OCH3 is 1. The molecule has 0 aliphatic heterocycles. The van der Waals surface area contributed by atoms with E-state index in [-0.39, 0.29) is 0 Å². The van der Waals surface area contributed by atoms with Gasteiger partial charge in [-0.1, -0.05) is 18.2 Å². The molecule has 2 aromatic carbocycles. The molecule has 0 fully saturated rings. The fourth-order valence-electron chi connectivity index (χ4n) is 1.65. The Balaban J connectivity index is 1.93. The zero-order chi connectivity index (χ0) is 15.8. The Bertz CT molecular complexity index is 663. The number of esters is 2. The first-order chi connectivity index (χ1) is 10.7. The van der Waals surface area contributed by atoms with Crippen molar-refractivity contribution in [2.45, 2.75) is 0 Å². The highest BCUT2D eigenvalue weighted by Gasteiger charge is 2.02. The van der Waals surface area contributed by atoms with Crippen molar-refractivity contribution in [1.82, 2.24) is 0 Å². The van der Waals surface area contributed by atoms with Crippen LogP contribution in [0.3, 0.4) is 0 Å². The van der Waals surface area contributed by atoms with E-state index in [2.05, 4.69) is 10.1 Å². The molecule has 0 bridgehead atoms. The van der Waals surface area contributed by atoms with E-state index < -0.39 is 11.9 Å². The van der Waals surface area contributed by atoms with Crippen LogP contribution in [-0.2, 0) is 14.3 Å². The lowest BCUT2D eigenvalue weighted by molar-refractivity contribution is -0.135. The van der Waals surface area contributed by atoms with Crippen LogP contribution in [0.15, 0.2) is 66.7 Å². The molecule has 22 heavy (non-hydrogen) atoms. The lowest BCUT2D eigenvalue weighted by Gasteiger charge is -2.07. The topological polar surface area (TPSA) is 64.6 Å². The van der Waals surface area contributed by atoms with E-state index in [9.17, 15) is 9.59 Å². The van der Waals surface area contributed by atoms with Gasteiger partial charge in [-0.15, -0.1) is 0 Å². The van der Waals surface area contributed by atoms with Gasteiger partial charge in [0.15, 0.2) is 0 Å². The van der Waals surface area contributed by atoms with E-state index in [1.165, 1.54) is 7.11 Å². The molecule has 2 rings (SSSR count). The third kappa shape index (κ3) is 4.79. The van der Waals surface area contributed by atoms with Crippen LogP contribution in [0.1, 0.15) is 0 Å². The van der Waals surface area contributed by atoms with E-state index in [0.717, 1.165) is 23.5 Å². The van der Waals surface area contributed by atoms with Crippen LogP contribution in [0, 0.1) is 0 Å². The summed E-state index contributed by atoms with van der Waals surface area (Å²) in [5.74, 6) is -0.869. The molecule has 112 valence electrons. The molecule has 5 nitrogen and oxygen atoms in total. The van der Waals surface area contributed by atoms with Gasteiger partial charge in [-0.2, -0.15) is 0 Å². The van der Waals surface area contributed by atoms with Crippen LogP contribution >= 0.6 is 0 Å². The molecule has 0 unspecified atom stereocenters. The van der Waals surface area contributed by atoms with Gasteiger partial charge >= 0.3 is 11.9 Å². The van der Waals surface area contributed by atoms with Gasteiger partial charge in [0.2, 0.25) is 0 Å². The molecule has 0 saturated carbocycles. The van der Waals surface area contributed by atoms with Crippen molar-refractivity contribution in [3.8, 4) is 5.75 Å². The minimum Gasteiger partial charge on any atom is -0.466 e. The van der Waals surface area contributed by atoms with Crippen molar-refractivity contribution in [1.29, 1.82) is 0 Å². The third-order valence-corrected chi connectivity index (χ3v) is 2.69. The summed E-state index contributed by atoms with van der Waals surface area (Å²) in [7, 11) is 1.23.